The number of carbonyl (C=O) groups excluding carboxylic acids is 1. The van der Waals surface area contributed by atoms with Crippen LogP contribution in [0, 0.1) is 0 Å². The normalized spacial score (nSPS) is 18.8. The van der Waals surface area contributed by atoms with E-state index in [9.17, 15) is 9.90 Å². The molecule has 0 radical (unpaired) electrons. The predicted octanol–water partition coefficient (Wildman–Crippen LogP) is 4.43. The van der Waals surface area contributed by atoms with Crippen LogP contribution in [0.15, 0.2) is 71.8 Å². The number of aromatic hydroxyl groups is 1. The number of ether oxygens (including phenoxy) is 3. The van der Waals surface area contributed by atoms with Crippen molar-refractivity contribution in [2.45, 2.75) is 18.7 Å². The fraction of sp³-hybridized carbons (Fsp3) is 0.200. The van der Waals surface area contributed by atoms with Crippen LogP contribution in [0.5, 0.6) is 17.2 Å². The molecule has 7 nitrogen and oxygen atoms in total. The highest BCUT2D eigenvalue weighted by Crippen LogP contribution is 2.48. The van der Waals surface area contributed by atoms with Crippen molar-refractivity contribution in [2.75, 3.05) is 14.2 Å². The van der Waals surface area contributed by atoms with Crippen LogP contribution in [-0.2, 0) is 4.74 Å². The molecule has 32 heavy (non-hydrogen) atoms. The van der Waals surface area contributed by atoms with Crippen LogP contribution in [-0.4, -0.2) is 36.0 Å². The van der Waals surface area contributed by atoms with E-state index in [2.05, 4.69) is 0 Å². The molecule has 162 valence electrons. The van der Waals surface area contributed by atoms with E-state index in [0.29, 0.717) is 23.3 Å². The van der Waals surface area contributed by atoms with Gasteiger partial charge in [-0.05, 0) is 36.4 Å². The highest BCUT2D eigenvalue weighted by molar-refractivity contribution is 6.04. The number of hydrogen-bond donors (Lipinski definition) is 1. The molecule has 0 saturated heterocycles. The fourth-order valence-electron chi connectivity index (χ4n) is 4.19. The number of nitrogens with zero attached hydrogens (tertiary/aromatic N) is 2. The van der Waals surface area contributed by atoms with Gasteiger partial charge in [0.15, 0.2) is 0 Å². The van der Waals surface area contributed by atoms with Gasteiger partial charge in [0.2, 0.25) is 6.23 Å². The topological polar surface area (TPSA) is 80.6 Å². The van der Waals surface area contributed by atoms with Gasteiger partial charge in [-0.2, -0.15) is 5.10 Å². The Morgan fingerprint density at radius 2 is 1.88 bits per heavy atom. The highest BCUT2D eigenvalue weighted by Gasteiger charge is 2.41. The molecule has 0 aromatic heterocycles. The summed E-state index contributed by atoms with van der Waals surface area (Å²) in [6.45, 7) is 0. The summed E-state index contributed by atoms with van der Waals surface area (Å²) in [5.41, 5.74) is 3.75. The first kappa shape index (κ1) is 19.9. The minimum atomic E-state index is -0.480. The zero-order chi connectivity index (χ0) is 22.2. The molecule has 0 amide bonds. The lowest BCUT2D eigenvalue weighted by Gasteiger charge is -2.38. The molecule has 0 spiro atoms. The lowest BCUT2D eigenvalue weighted by molar-refractivity contribution is -0.0190. The third-order valence-electron chi connectivity index (χ3n) is 5.83. The summed E-state index contributed by atoms with van der Waals surface area (Å²) in [5.74, 6) is 1.20. The molecule has 0 bridgehead atoms. The quantitative estimate of drug-likeness (QED) is 0.617. The number of hydrazone groups is 1. The third kappa shape index (κ3) is 3.32. The van der Waals surface area contributed by atoms with E-state index in [1.54, 1.807) is 37.4 Å². The molecule has 3 aromatic rings. The summed E-state index contributed by atoms with van der Waals surface area (Å²) in [5, 5.41) is 17.3. The van der Waals surface area contributed by atoms with Crippen LogP contribution in [0.25, 0.3) is 0 Å². The Morgan fingerprint density at radius 3 is 2.62 bits per heavy atom. The number of benzene rings is 3. The molecule has 2 aliphatic rings. The van der Waals surface area contributed by atoms with Gasteiger partial charge in [0, 0.05) is 23.1 Å². The zero-order valence-electron chi connectivity index (χ0n) is 17.7. The van der Waals surface area contributed by atoms with Crippen LogP contribution in [0.2, 0.25) is 0 Å². The Hall–Kier alpha value is -4.00. The van der Waals surface area contributed by atoms with E-state index < -0.39 is 6.23 Å². The maximum absolute atomic E-state index is 11.8. The summed E-state index contributed by atoms with van der Waals surface area (Å²) in [7, 11) is 2.95. The summed E-state index contributed by atoms with van der Waals surface area (Å²) in [6, 6.07) is 20.1. The SMILES string of the molecule is COC(=O)c1ccc([C@H]2Oc3ccccc3[C@H]3CC(c4cc(OC)ccc4O)=NN32)cc1. The average Bonchev–Trinajstić information content (AvgIpc) is 3.29. The highest BCUT2D eigenvalue weighted by atomic mass is 16.5. The summed E-state index contributed by atoms with van der Waals surface area (Å²) >= 11 is 0. The molecule has 2 heterocycles. The molecule has 3 aromatic carbocycles. The largest absolute Gasteiger partial charge is 0.507 e. The summed E-state index contributed by atoms with van der Waals surface area (Å²) in [4.78, 5) is 11.8. The molecular weight excluding hydrogens is 408 g/mol. The van der Waals surface area contributed by atoms with E-state index in [1.165, 1.54) is 7.11 Å². The molecule has 5 rings (SSSR count). The molecule has 2 atom stereocenters. The monoisotopic (exact) mass is 430 g/mol. The van der Waals surface area contributed by atoms with Crippen LogP contribution in [0.3, 0.4) is 0 Å². The van der Waals surface area contributed by atoms with Crippen molar-refractivity contribution in [1.29, 1.82) is 0 Å². The Morgan fingerprint density at radius 1 is 1.09 bits per heavy atom. The fourth-order valence-corrected chi connectivity index (χ4v) is 4.19. The van der Waals surface area contributed by atoms with Gasteiger partial charge >= 0.3 is 5.97 Å². The summed E-state index contributed by atoms with van der Waals surface area (Å²) < 4.78 is 16.5. The van der Waals surface area contributed by atoms with E-state index in [4.69, 9.17) is 19.3 Å². The van der Waals surface area contributed by atoms with Crippen LogP contribution >= 0.6 is 0 Å². The molecule has 0 fully saturated rings. The van der Waals surface area contributed by atoms with E-state index in [0.717, 1.165) is 22.6 Å². The number of phenolic OH excluding ortho intramolecular Hbond substituents is 1. The number of hydrogen-bond acceptors (Lipinski definition) is 7. The first-order chi connectivity index (χ1) is 15.6. The molecule has 0 aliphatic carbocycles. The van der Waals surface area contributed by atoms with Crippen LogP contribution in [0.1, 0.15) is 45.7 Å². The number of rotatable bonds is 4. The van der Waals surface area contributed by atoms with Crippen molar-refractivity contribution in [3.05, 3.63) is 89.0 Å². The van der Waals surface area contributed by atoms with Gasteiger partial charge in [-0.3, -0.25) is 0 Å². The second-order valence-electron chi connectivity index (χ2n) is 7.65. The van der Waals surface area contributed by atoms with Crippen LogP contribution < -0.4 is 9.47 Å². The molecule has 2 aliphatic heterocycles. The number of methoxy groups -OCH3 is 2. The smallest absolute Gasteiger partial charge is 0.337 e. The van der Waals surface area contributed by atoms with Gasteiger partial charge in [-0.15, -0.1) is 0 Å². The Labute approximate surface area is 185 Å². The molecule has 1 N–H and O–H groups in total. The minimum Gasteiger partial charge on any atom is -0.507 e. The molecular formula is C25H22N2O5. The number of phenols is 1. The van der Waals surface area contributed by atoms with Gasteiger partial charge in [0.1, 0.15) is 17.2 Å². The Bertz CT molecular complexity index is 1210. The van der Waals surface area contributed by atoms with Gasteiger partial charge in [0.25, 0.3) is 0 Å². The maximum atomic E-state index is 11.8. The number of fused-ring (bicyclic) bond motifs is 3. The van der Waals surface area contributed by atoms with Crippen LogP contribution in [0.4, 0.5) is 0 Å². The number of para-hydroxylation sites is 1. The lowest BCUT2D eigenvalue weighted by Crippen LogP contribution is -2.33. The van der Waals surface area contributed by atoms with Gasteiger partial charge in [-0.1, -0.05) is 30.3 Å². The zero-order valence-corrected chi connectivity index (χ0v) is 17.7. The van der Waals surface area contributed by atoms with E-state index >= 15 is 0 Å². The average molecular weight is 430 g/mol. The summed E-state index contributed by atoms with van der Waals surface area (Å²) in [6.07, 6.45) is 0.129. The predicted molar refractivity (Wildman–Crippen MR) is 118 cm³/mol. The van der Waals surface area contributed by atoms with Gasteiger partial charge in [0.05, 0.1) is 31.5 Å². The van der Waals surface area contributed by atoms with Crippen molar-refractivity contribution < 1.29 is 24.1 Å². The van der Waals surface area contributed by atoms with Crippen molar-refractivity contribution >= 4 is 11.7 Å². The third-order valence-corrected chi connectivity index (χ3v) is 5.83. The molecule has 0 saturated carbocycles. The lowest BCUT2D eigenvalue weighted by atomic mass is 9.95. The van der Waals surface area contributed by atoms with Crippen molar-refractivity contribution in [1.82, 2.24) is 5.01 Å². The van der Waals surface area contributed by atoms with Crippen molar-refractivity contribution in [3.63, 3.8) is 0 Å². The second-order valence-corrected chi connectivity index (χ2v) is 7.65. The molecule has 0 unspecified atom stereocenters. The van der Waals surface area contributed by atoms with Gasteiger partial charge in [-0.25, -0.2) is 9.80 Å². The van der Waals surface area contributed by atoms with E-state index in [-0.39, 0.29) is 17.8 Å². The van der Waals surface area contributed by atoms with Crippen molar-refractivity contribution in [3.8, 4) is 17.2 Å². The van der Waals surface area contributed by atoms with Crippen molar-refractivity contribution in [2.24, 2.45) is 5.10 Å². The van der Waals surface area contributed by atoms with E-state index in [1.807, 2.05) is 41.4 Å². The maximum Gasteiger partial charge on any atom is 0.337 e. The minimum absolute atomic E-state index is 0.0502. The number of carbonyl (C=O) groups is 1. The van der Waals surface area contributed by atoms with Gasteiger partial charge < -0.3 is 19.3 Å². The Kier molecular flexibility index (Phi) is 4.93. The number of esters is 1. The first-order valence-electron chi connectivity index (χ1n) is 10.3. The second kappa shape index (κ2) is 7.92. The first-order valence-corrected chi connectivity index (χ1v) is 10.3. The molecule has 7 heteroatoms. The standard InChI is InChI=1S/C25H22N2O5/c1-30-17-11-12-22(28)19(13-17)20-14-21-18-5-3-4-6-23(18)32-24(27(21)26-20)15-7-9-16(10-8-15)25(29)31-2/h3-13,21,24,28H,14H2,1-2H3/t21-,24-/m1/s1. The Balaban J connectivity index is 1.56.